The number of thiophene rings is 1. The van der Waals surface area contributed by atoms with Crippen LogP contribution in [0.1, 0.15) is 0 Å². The molecule has 4 rings (SSSR count). The van der Waals surface area contributed by atoms with Crippen molar-refractivity contribution >= 4 is 33.6 Å². The highest BCUT2D eigenvalue weighted by atomic mass is 32.1. The van der Waals surface area contributed by atoms with Gasteiger partial charge in [-0.1, -0.05) is 30.3 Å². The summed E-state index contributed by atoms with van der Waals surface area (Å²) in [6.07, 6.45) is 0. The first-order chi connectivity index (χ1) is 11.8. The molecule has 0 unspecified atom stereocenters. The van der Waals surface area contributed by atoms with Gasteiger partial charge in [0.2, 0.25) is 0 Å². The van der Waals surface area contributed by atoms with Crippen molar-refractivity contribution in [1.82, 2.24) is 10.2 Å². The first-order valence-electron chi connectivity index (χ1n) is 7.55. The van der Waals surface area contributed by atoms with E-state index in [4.69, 9.17) is 4.74 Å². The van der Waals surface area contributed by atoms with Crippen LogP contribution in [0.2, 0.25) is 0 Å². The number of nitrogens with zero attached hydrogens (tertiary/aromatic N) is 2. The lowest BCUT2D eigenvalue weighted by Crippen LogP contribution is -1.98. The van der Waals surface area contributed by atoms with Crippen molar-refractivity contribution in [2.75, 3.05) is 12.4 Å². The van der Waals surface area contributed by atoms with Crippen molar-refractivity contribution in [2.45, 2.75) is 0 Å². The van der Waals surface area contributed by atoms with Gasteiger partial charge in [-0.2, -0.15) is 0 Å². The molecule has 2 heterocycles. The lowest BCUT2D eigenvalue weighted by atomic mass is 10.1. The number of benzene rings is 2. The second-order valence-corrected chi connectivity index (χ2v) is 6.22. The molecule has 2 aromatic heterocycles. The number of nitrogens with one attached hydrogen (secondary N) is 1. The number of anilines is 2. The van der Waals surface area contributed by atoms with E-state index in [0.717, 1.165) is 38.6 Å². The topological polar surface area (TPSA) is 47.0 Å². The fourth-order valence-corrected chi connectivity index (χ4v) is 3.33. The predicted octanol–water partition coefficient (Wildman–Crippen LogP) is 5.11. The standard InChI is InChI=1S/C19H15N3OS/c1-23-14-10-8-13(9-11-14)20-19-16-6-3-2-5-15(16)18(21-22-19)17-7-4-12-24-17/h2-12H,1H3,(H,20,22). The number of hydrogen-bond acceptors (Lipinski definition) is 5. The first-order valence-corrected chi connectivity index (χ1v) is 8.43. The van der Waals surface area contributed by atoms with Gasteiger partial charge >= 0.3 is 0 Å². The number of aromatic nitrogens is 2. The Morgan fingerprint density at radius 1 is 0.875 bits per heavy atom. The van der Waals surface area contributed by atoms with E-state index >= 15 is 0 Å². The summed E-state index contributed by atoms with van der Waals surface area (Å²) >= 11 is 1.67. The quantitative estimate of drug-likeness (QED) is 0.564. The number of hydrogen-bond donors (Lipinski definition) is 1. The van der Waals surface area contributed by atoms with Crippen molar-refractivity contribution in [2.24, 2.45) is 0 Å². The molecule has 0 spiro atoms. The van der Waals surface area contributed by atoms with Gasteiger partial charge in [0.15, 0.2) is 5.82 Å². The van der Waals surface area contributed by atoms with E-state index in [1.54, 1.807) is 18.4 Å². The van der Waals surface area contributed by atoms with Crippen molar-refractivity contribution in [3.63, 3.8) is 0 Å². The van der Waals surface area contributed by atoms with Crippen molar-refractivity contribution in [3.8, 4) is 16.3 Å². The van der Waals surface area contributed by atoms with Gasteiger partial charge in [-0.25, -0.2) is 0 Å². The van der Waals surface area contributed by atoms with Crippen molar-refractivity contribution in [1.29, 1.82) is 0 Å². The van der Waals surface area contributed by atoms with Gasteiger partial charge < -0.3 is 10.1 Å². The van der Waals surface area contributed by atoms with E-state index in [1.807, 2.05) is 42.5 Å². The van der Waals surface area contributed by atoms with Crippen molar-refractivity contribution < 1.29 is 4.74 Å². The van der Waals surface area contributed by atoms with Gasteiger partial charge in [-0.15, -0.1) is 21.5 Å². The molecule has 4 nitrogen and oxygen atoms in total. The summed E-state index contributed by atoms with van der Waals surface area (Å²) in [6.45, 7) is 0. The van der Waals surface area contributed by atoms with Crippen LogP contribution in [0.3, 0.4) is 0 Å². The van der Waals surface area contributed by atoms with Crippen LogP contribution in [0.25, 0.3) is 21.3 Å². The van der Waals surface area contributed by atoms with Crippen molar-refractivity contribution in [3.05, 3.63) is 66.0 Å². The zero-order valence-electron chi connectivity index (χ0n) is 13.1. The lowest BCUT2D eigenvalue weighted by Gasteiger charge is -2.10. The minimum atomic E-state index is 0.746. The molecule has 0 aliphatic rings. The molecule has 0 radical (unpaired) electrons. The van der Waals surface area contributed by atoms with Crippen LogP contribution in [0.5, 0.6) is 5.75 Å². The van der Waals surface area contributed by atoms with Gasteiger partial charge in [0.25, 0.3) is 0 Å². The number of rotatable bonds is 4. The molecular formula is C19H15N3OS. The predicted molar refractivity (Wildman–Crippen MR) is 99.1 cm³/mol. The van der Waals surface area contributed by atoms with Crippen LogP contribution in [0, 0.1) is 0 Å². The highest BCUT2D eigenvalue weighted by Gasteiger charge is 2.11. The summed E-state index contributed by atoms with van der Waals surface area (Å²) in [6, 6.07) is 20.0. The van der Waals surface area contributed by atoms with Gasteiger partial charge in [0.05, 0.1) is 12.0 Å². The molecule has 0 bridgehead atoms. The summed E-state index contributed by atoms with van der Waals surface area (Å²) in [5.41, 5.74) is 1.86. The molecule has 0 atom stereocenters. The molecule has 24 heavy (non-hydrogen) atoms. The molecule has 5 heteroatoms. The van der Waals surface area contributed by atoms with Gasteiger partial charge in [0, 0.05) is 16.5 Å². The Hall–Kier alpha value is -2.92. The molecule has 2 aromatic carbocycles. The van der Waals surface area contributed by atoms with Gasteiger partial charge in [0.1, 0.15) is 11.4 Å². The minimum Gasteiger partial charge on any atom is -0.497 e. The van der Waals surface area contributed by atoms with E-state index in [-0.39, 0.29) is 0 Å². The average molecular weight is 333 g/mol. The van der Waals surface area contributed by atoms with E-state index in [2.05, 4.69) is 39.1 Å². The summed E-state index contributed by atoms with van der Waals surface area (Å²) < 4.78 is 5.19. The SMILES string of the molecule is COc1ccc(Nc2nnc(-c3cccs3)c3ccccc23)cc1. The number of methoxy groups -OCH3 is 1. The third-order valence-electron chi connectivity index (χ3n) is 3.79. The second kappa shape index (κ2) is 6.29. The second-order valence-electron chi connectivity index (χ2n) is 5.27. The third-order valence-corrected chi connectivity index (χ3v) is 4.67. The fourth-order valence-electron chi connectivity index (χ4n) is 2.60. The summed E-state index contributed by atoms with van der Waals surface area (Å²) in [5, 5.41) is 16.4. The summed E-state index contributed by atoms with van der Waals surface area (Å²) in [4.78, 5) is 1.12. The molecule has 4 aromatic rings. The number of fused-ring (bicyclic) bond motifs is 1. The summed E-state index contributed by atoms with van der Waals surface area (Å²) in [7, 11) is 1.66. The Kier molecular flexibility index (Phi) is 3.84. The van der Waals surface area contributed by atoms with E-state index in [0.29, 0.717) is 0 Å². The molecule has 0 fully saturated rings. The van der Waals surface area contributed by atoms with E-state index in [1.165, 1.54) is 0 Å². The lowest BCUT2D eigenvalue weighted by molar-refractivity contribution is 0.415. The Morgan fingerprint density at radius 3 is 2.38 bits per heavy atom. The maximum atomic E-state index is 5.19. The van der Waals surface area contributed by atoms with Gasteiger partial charge in [-0.05, 0) is 35.7 Å². The molecule has 0 aliphatic carbocycles. The highest BCUT2D eigenvalue weighted by molar-refractivity contribution is 7.13. The Labute approximate surface area is 143 Å². The summed E-state index contributed by atoms with van der Waals surface area (Å²) in [5.74, 6) is 1.57. The molecule has 0 saturated heterocycles. The zero-order chi connectivity index (χ0) is 16.4. The highest BCUT2D eigenvalue weighted by Crippen LogP contribution is 2.33. The zero-order valence-corrected chi connectivity index (χ0v) is 13.9. The Morgan fingerprint density at radius 2 is 1.67 bits per heavy atom. The van der Waals surface area contributed by atoms with E-state index in [9.17, 15) is 0 Å². The normalized spacial score (nSPS) is 10.7. The maximum absolute atomic E-state index is 5.19. The Bertz CT molecular complexity index is 966. The molecule has 0 aliphatic heterocycles. The Balaban J connectivity index is 1.77. The monoisotopic (exact) mass is 333 g/mol. The fraction of sp³-hybridized carbons (Fsp3) is 0.0526. The number of ether oxygens (including phenoxy) is 1. The molecule has 0 amide bonds. The van der Waals surface area contributed by atoms with Crippen LogP contribution in [0.15, 0.2) is 66.0 Å². The molecule has 118 valence electrons. The van der Waals surface area contributed by atoms with E-state index < -0.39 is 0 Å². The van der Waals surface area contributed by atoms with Gasteiger partial charge in [-0.3, -0.25) is 0 Å². The maximum Gasteiger partial charge on any atom is 0.161 e. The van der Waals surface area contributed by atoms with Crippen LogP contribution < -0.4 is 10.1 Å². The minimum absolute atomic E-state index is 0.746. The average Bonchev–Trinajstić information content (AvgIpc) is 3.17. The van der Waals surface area contributed by atoms with Crippen LogP contribution in [0.4, 0.5) is 11.5 Å². The van der Waals surface area contributed by atoms with Crippen LogP contribution in [-0.4, -0.2) is 17.3 Å². The van der Waals surface area contributed by atoms with Crippen LogP contribution in [-0.2, 0) is 0 Å². The smallest absolute Gasteiger partial charge is 0.161 e. The molecule has 0 saturated carbocycles. The van der Waals surface area contributed by atoms with Crippen LogP contribution >= 0.6 is 11.3 Å². The third kappa shape index (κ3) is 2.70. The largest absolute Gasteiger partial charge is 0.497 e. The molecular weight excluding hydrogens is 318 g/mol. The first kappa shape index (κ1) is 14.7. The molecule has 1 N–H and O–H groups in total.